The van der Waals surface area contributed by atoms with Gasteiger partial charge in [-0.15, -0.1) is 0 Å². The highest BCUT2D eigenvalue weighted by molar-refractivity contribution is 5.94. The third-order valence-corrected chi connectivity index (χ3v) is 2.87. The summed E-state index contributed by atoms with van der Waals surface area (Å²) in [6.07, 6.45) is 2.81. The maximum absolute atomic E-state index is 13.8. The average molecular weight is 261 g/mol. The number of nitrogens with one attached hydrogen (secondary N) is 1. The SMILES string of the molecule is COC(=O)c1cc2c(cc1F)[nH]c(=O)c1cncn12. The van der Waals surface area contributed by atoms with E-state index in [1.807, 2.05) is 0 Å². The first kappa shape index (κ1) is 11.4. The minimum absolute atomic E-state index is 0.197. The summed E-state index contributed by atoms with van der Waals surface area (Å²) in [4.78, 5) is 29.6. The lowest BCUT2D eigenvalue weighted by Gasteiger charge is -2.06. The molecule has 19 heavy (non-hydrogen) atoms. The first-order valence-corrected chi connectivity index (χ1v) is 5.37. The molecule has 0 amide bonds. The van der Waals surface area contributed by atoms with Crippen LogP contribution in [0.15, 0.2) is 29.5 Å². The summed E-state index contributed by atoms with van der Waals surface area (Å²) >= 11 is 0. The predicted octanol–water partition coefficient (Wildman–Crippen LogP) is 1.10. The third-order valence-electron chi connectivity index (χ3n) is 2.87. The number of carbonyl (C=O) groups excluding carboxylic acids is 1. The van der Waals surface area contributed by atoms with Gasteiger partial charge in [-0.25, -0.2) is 14.2 Å². The largest absolute Gasteiger partial charge is 0.465 e. The van der Waals surface area contributed by atoms with Crippen molar-refractivity contribution in [3.05, 3.63) is 46.4 Å². The smallest absolute Gasteiger partial charge is 0.340 e. The number of benzene rings is 1. The highest BCUT2D eigenvalue weighted by Gasteiger charge is 2.15. The van der Waals surface area contributed by atoms with Gasteiger partial charge in [0.1, 0.15) is 11.3 Å². The lowest BCUT2D eigenvalue weighted by atomic mass is 10.1. The molecular formula is C12H8FN3O3. The predicted molar refractivity (Wildman–Crippen MR) is 64.6 cm³/mol. The van der Waals surface area contributed by atoms with Gasteiger partial charge in [-0.1, -0.05) is 0 Å². The number of nitrogens with zero attached hydrogens (tertiary/aromatic N) is 2. The number of fused-ring (bicyclic) bond motifs is 3. The molecule has 0 saturated heterocycles. The summed E-state index contributed by atoms with van der Waals surface area (Å²) in [7, 11) is 1.17. The Balaban J connectivity index is 2.47. The molecule has 0 aliphatic heterocycles. The van der Waals surface area contributed by atoms with E-state index in [9.17, 15) is 14.0 Å². The van der Waals surface area contributed by atoms with E-state index in [4.69, 9.17) is 0 Å². The van der Waals surface area contributed by atoms with E-state index in [1.54, 1.807) is 0 Å². The molecule has 1 N–H and O–H groups in total. The monoisotopic (exact) mass is 261 g/mol. The van der Waals surface area contributed by atoms with Gasteiger partial charge >= 0.3 is 5.97 Å². The topological polar surface area (TPSA) is 76.5 Å². The molecule has 0 spiro atoms. The van der Waals surface area contributed by atoms with Crippen LogP contribution in [-0.4, -0.2) is 27.4 Å². The number of rotatable bonds is 1. The van der Waals surface area contributed by atoms with Gasteiger partial charge in [0.25, 0.3) is 5.56 Å². The molecule has 2 aromatic heterocycles. The standard InChI is InChI=1S/C12H8FN3O3/c1-19-12(18)6-2-9-8(3-7(6)13)15-11(17)10-4-14-5-16(9)10/h2-5H,1H3,(H,15,17). The number of aromatic amines is 1. The number of imidazole rings is 1. The van der Waals surface area contributed by atoms with Gasteiger partial charge in [0.15, 0.2) is 0 Å². The van der Waals surface area contributed by atoms with Crippen LogP contribution >= 0.6 is 0 Å². The van der Waals surface area contributed by atoms with Crippen LogP contribution in [0.4, 0.5) is 4.39 Å². The fourth-order valence-electron chi connectivity index (χ4n) is 1.97. The number of methoxy groups -OCH3 is 1. The highest BCUT2D eigenvalue weighted by Crippen LogP contribution is 2.18. The number of aromatic nitrogens is 3. The Morgan fingerprint density at radius 2 is 2.21 bits per heavy atom. The summed E-state index contributed by atoms with van der Waals surface area (Å²) in [5.41, 5.74) is 0.483. The van der Waals surface area contributed by atoms with Crippen LogP contribution in [0, 0.1) is 5.82 Å². The second-order valence-electron chi connectivity index (χ2n) is 3.94. The van der Waals surface area contributed by atoms with Gasteiger partial charge in [-0.05, 0) is 6.07 Å². The fraction of sp³-hybridized carbons (Fsp3) is 0.0833. The molecule has 7 heteroatoms. The number of H-pyrrole nitrogens is 1. The van der Waals surface area contributed by atoms with Crippen LogP contribution in [0.1, 0.15) is 10.4 Å². The molecule has 6 nitrogen and oxygen atoms in total. The van der Waals surface area contributed by atoms with E-state index in [1.165, 1.54) is 30.1 Å². The molecule has 0 unspecified atom stereocenters. The van der Waals surface area contributed by atoms with E-state index >= 15 is 0 Å². The van der Waals surface area contributed by atoms with E-state index in [-0.39, 0.29) is 16.6 Å². The van der Waals surface area contributed by atoms with Gasteiger partial charge in [0.05, 0.1) is 36.2 Å². The molecule has 0 radical (unpaired) electrons. The Hall–Kier alpha value is -2.70. The normalized spacial score (nSPS) is 11.1. The van der Waals surface area contributed by atoms with Crippen LogP contribution in [-0.2, 0) is 4.74 Å². The van der Waals surface area contributed by atoms with Crippen molar-refractivity contribution in [2.24, 2.45) is 0 Å². The summed E-state index contributed by atoms with van der Waals surface area (Å²) in [6.45, 7) is 0. The van der Waals surface area contributed by atoms with Crippen molar-refractivity contribution >= 4 is 22.5 Å². The zero-order valence-electron chi connectivity index (χ0n) is 9.81. The van der Waals surface area contributed by atoms with Crippen LogP contribution < -0.4 is 5.56 Å². The Bertz CT molecular complexity index is 866. The molecule has 0 aliphatic carbocycles. The van der Waals surface area contributed by atoms with Crippen molar-refractivity contribution in [3.8, 4) is 0 Å². The Morgan fingerprint density at radius 3 is 2.95 bits per heavy atom. The number of carbonyl (C=O) groups is 1. The molecule has 2 heterocycles. The average Bonchev–Trinajstić information content (AvgIpc) is 2.87. The Morgan fingerprint density at radius 1 is 1.42 bits per heavy atom. The first-order chi connectivity index (χ1) is 9.11. The van der Waals surface area contributed by atoms with Crippen molar-refractivity contribution in [1.29, 1.82) is 0 Å². The van der Waals surface area contributed by atoms with Gasteiger partial charge < -0.3 is 9.72 Å². The molecule has 3 rings (SSSR count). The van der Waals surface area contributed by atoms with E-state index in [2.05, 4.69) is 14.7 Å². The quantitative estimate of drug-likeness (QED) is 0.665. The van der Waals surface area contributed by atoms with Crippen molar-refractivity contribution in [1.82, 2.24) is 14.4 Å². The van der Waals surface area contributed by atoms with Gasteiger partial charge in [0, 0.05) is 6.07 Å². The maximum atomic E-state index is 13.8. The summed E-state index contributed by atoms with van der Waals surface area (Å²) < 4.78 is 19.8. The number of halogens is 1. The second kappa shape index (κ2) is 3.91. The minimum atomic E-state index is -0.779. The van der Waals surface area contributed by atoms with Crippen LogP contribution in [0.2, 0.25) is 0 Å². The Labute approximate surface area is 105 Å². The van der Waals surface area contributed by atoms with E-state index in [0.29, 0.717) is 11.0 Å². The Kier molecular flexibility index (Phi) is 2.34. The van der Waals surface area contributed by atoms with Gasteiger partial charge in [-0.3, -0.25) is 9.20 Å². The van der Waals surface area contributed by atoms with E-state index in [0.717, 1.165) is 6.07 Å². The first-order valence-electron chi connectivity index (χ1n) is 5.37. The van der Waals surface area contributed by atoms with Crippen LogP contribution in [0.3, 0.4) is 0 Å². The number of hydrogen-bond acceptors (Lipinski definition) is 4. The highest BCUT2D eigenvalue weighted by atomic mass is 19.1. The van der Waals surface area contributed by atoms with Gasteiger partial charge in [0.2, 0.25) is 0 Å². The number of hydrogen-bond donors (Lipinski definition) is 1. The van der Waals surface area contributed by atoms with Crippen LogP contribution in [0.25, 0.3) is 16.6 Å². The molecule has 0 saturated carbocycles. The molecule has 3 aromatic rings. The van der Waals surface area contributed by atoms with Crippen molar-refractivity contribution < 1.29 is 13.9 Å². The van der Waals surface area contributed by atoms with Crippen molar-refractivity contribution in [3.63, 3.8) is 0 Å². The summed E-state index contributed by atoms with van der Waals surface area (Å²) in [5, 5.41) is 0. The number of ether oxygens (including phenoxy) is 1. The minimum Gasteiger partial charge on any atom is -0.465 e. The molecular weight excluding hydrogens is 253 g/mol. The molecule has 0 atom stereocenters. The molecule has 0 bridgehead atoms. The fourth-order valence-corrected chi connectivity index (χ4v) is 1.97. The summed E-state index contributed by atoms with van der Waals surface area (Å²) in [5.74, 6) is -1.53. The van der Waals surface area contributed by atoms with E-state index < -0.39 is 11.8 Å². The van der Waals surface area contributed by atoms with Gasteiger partial charge in [-0.2, -0.15) is 0 Å². The lowest BCUT2D eigenvalue weighted by molar-refractivity contribution is 0.0595. The molecule has 96 valence electrons. The zero-order chi connectivity index (χ0) is 13.6. The van der Waals surface area contributed by atoms with Crippen molar-refractivity contribution in [2.45, 2.75) is 0 Å². The maximum Gasteiger partial charge on any atom is 0.340 e. The lowest BCUT2D eigenvalue weighted by Crippen LogP contribution is -2.11. The van der Waals surface area contributed by atoms with Crippen LogP contribution in [0.5, 0.6) is 0 Å². The third kappa shape index (κ3) is 1.59. The summed E-state index contributed by atoms with van der Waals surface area (Å²) in [6, 6.07) is 2.41. The van der Waals surface area contributed by atoms with Crippen molar-refractivity contribution in [2.75, 3.05) is 7.11 Å². The zero-order valence-corrected chi connectivity index (χ0v) is 9.81. The second-order valence-corrected chi connectivity index (χ2v) is 3.94. The molecule has 1 aromatic carbocycles. The number of esters is 1. The molecule has 0 aliphatic rings. The molecule has 0 fully saturated rings.